The van der Waals surface area contributed by atoms with Crippen LogP contribution in [-0.2, 0) is 0 Å². The number of rotatable bonds is 5. The van der Waals surface area contributed by atoms with Gasteiger partial charge in [0.25, 0.3) is 0 Å². The van der Waals surface area contributed by atoms with Gasteiger partial charge < -0.3 is 10.1 Å². The highest BCUT2D eigenvalue weighted by atomic mass is 35.5. The van der Waals surface area contributed by atoms with Gasteiger partial charge in [-0.3, -0.25) is 0 Å². The van der Waals surface area contributed by atoms with Gasteiger partial charge >= 0.3 is 0 Å². The van der Waals surface area contributed by atoms with Gasteiger partial charge in [0.05, 0.1) is 5.02 Å². The lowest BCUT2D eigenvalue weighted by molar-refractivity contribution is 0.264. The fourth-order valence-corrected chi connectivity index (χ4v) is 2.65. The molecule has 0 amide bonds. The summed E-state index contributed by atoms with van der Waals surface area (Å²) in [6.45, 7) is 3.51. The predicted octanol–water partition coefficient (Wildman–Crippen LogP) is 4.03. The summed E-state index contributed by atoms with van der Waals surface area (Å²) < 4.78 is 19.0. The molecule has 2 nitrogen and oxygen atoms in total. The molecule has 0 heterocycles. The maximum atomic E-state index is 13.5. The molecule has 1 fully saturated rings. The van der Waals surface area contributed by atoms with Crippen molar-refractivity contribution in [3.05, 3.63) is 29.0 Å². The number of hydrogen-bond donors (Lipinski definition) is 1. The fraction of sp³-hybridized carbons (Fsp3) is 0.600. The highest BCUT2D eigenvalue weighted by Gasteiger charge is 2.17. The average Bonchev–Trinajstić information content (AvgIpc) is 2.41. The van der Waals surface area contributed by atoms with Gasteiger partial charge in [-0.25, -0.2) is 4.39 Å². The van der Waals surface area contributed by atoms with Crippen LogP contribution in [0.4, 0.5) is 4.39 Å². The maximum Gasteiger partial charge on any atom is 0.183 e. The molecule has 1 aliphatic carbocycles. The van der Waals surface area contributed by atoms with Gasteiger partial charge in [0, 0.05) is 12.6 Å². The topological polar surface area (TPSA) is 21.3 Å². The van der Waals surface area contributed by atoms with Crippen molar-refractivity contribution in [2.45, 2.75) is 38.6 Å². The Bertz CT molecular complexity index is 405. The van der Waals surface area contributed by atoms with Crippen LogP contribution < -0.4 is 10.1 Å². The molecular formula is C15H21ClFNO. The summed E-state index contributed by atoms with van der Waals surface area (Å²) in [5.74, 6) is 0.608. The van der Waals surface area contributed by atoms with Gasteiger partial charge in [0.2, 0.25) is 0 Å². The number of halogens is 2. The average molecular weight is 286 g/mol. The van der Waals surface area contributed by atoms with Crippen LogP contribution >= 0.6 is 11.6 Å². The first kappa shape index (κ1) is 14.6. The van der Waals surface area contributed by atoms with Crippen molar-refractivity contribution in [1.82, 2.24) is 5.32 Å². The molecule has 1 N–H and O–H groups in total. The Morgan fingerprint density at radius 2 is 2.05 bits per heavy atom. The highest BCUT2D eigenvalue weighted by Crippen LogP contribution is 2.24. The van der Waals surface area contributed by atoms with Crippen molar-refractivity contribution in [3.63, 3.8) is 0 Å². The van der Waals surface area contributed by atoms with Gasteiger partial charge in [-0.05, 0) is 43.7 Å². The normalized spacial score (nSPS) is 23.3. The predicted molar refractivity (Wildman–Crippen MR) is 76.3 cm³/mol. The Kier molecular flexibility index (Phi) is 5.46. The zero-order valence-corrected chi connectivity index (χ0v) is 12.0. The van der Waals surface area contributed by atoms with Crippen LogP contribution in [0.3, 0.4) is 0 Å². The number of nitrogens with one attached hydrogen (secondary N) is 1. The summed E-state index contributed by atoms with van der Waals surface area (Å²) >= 11 is 5.69. The van der Waals surface area contributed by atoms with E-state index in [0.29, 0.717) is 12.6 Å². The first-order chi connectivity index (χ1) is 9.16. The second-order valence-electron chi connectivity index (χ2n) is 5.31. The van der Waals surface area contributed by atoms with E-state index in [1.54, 1.807) is 12.1 Å². The van der Waals surface area contributed by atoms with Crippen molar-refractivity contribution in [1.29, 1.82) is 0 Å². The van der Waals surface area contributed by atoms with E-state index in [4.69, 9.17) is 16.3 Å². The molecule has 4 heteroatoms. The van der Waals surface area contributed by atoms with Crippen molar-refractivity contribution in [2.24, 2.45) is 5.92 Å². The zero-order chi connectivity index (χ0) is 13.7. The van der Waals surface area contributed by atoms with E-state index in [-0.39, 0.29) is 10.8 Å². The Morgan fingerprint density at radius 1 is 1.32 bits per heavy atom. The quantitative estimate of drug-likeness (QED) is 0.825. The third-order valence-corrected chi connectivity index (χ3v) is 4.02. The van der Waals surface area contributed by atoms with E-state index in [1.807, 2.05) is 0 Å². The summed E-state index contributed by atoms with van der Waals surface area (Å²) in [4.78, 5) is 0. The Hall–Kier alpha value is -0.800. The Morgan fingerprint density at radius 3 is 2.79 bits per heavy atom. The molecule has 106 valence electrons. The van der Waals surface area contributed by atoms with Gasteiger partial charge in [-0.1, -0.05) is 24.6 Å². The molecular weight excluding hydrogens is 265 g/mol. The minimum absolute atomic E-state index is 0.103. The first-order valence-corrected chi connectivity index (χ1v) is 7.35. The molecule has 2 rings (SSSR count). The SMILES string of the molecule is CC1CCC(NCCOc2cccc(Cl)c2F)CC1. The molecule has 0 bridgehead atoms. The summed E-state index contributed by atoms with van der Waals surface area (Å²) in [6.07, 6.45) is 5.04. The number of hydrogen-bond acceptors (Lipinski definition) is 2. The summed E-state index contributed by atoms with van der Waals surface area (Å²) in [5, 5.41) is 3.57. The van der Waals surface area contributed by atoms with Crippen LogP contribution in [0.25, 0.3) is 0 Å². The lowest BCUT2D eigenvalue weighted by atomic mass is 9.87. The second-order valence-corrected chi connectivity index (χ2v) is 5.72. The van der Waals surface area contributed by atoms with E-state index in [9.17, 15) is 4.39 Å². The largest absolute Gasteiger partial charge is 0.489 e. The molecule has 1 aliphatic rings. The number of benzene rings is 1. The summed E-state index contributed by atoms with van der Waals surface area (Å²) in [6, 6.07) is 5.40. The van der Waals surface area contributed by atoms with E-state index >= 15 is 0 Å². The molecule has 1 saturated carbocycles. The van der Waals surface area contributed by atoms with E-state index in [1.165, 1.54) is 31.7 Å². The van der Waals surface area contributed by atoms with Crippen LogP contribution in [0.2, 0.25) is 5.02 Å². The first-order valence-electron chi connectivity index (χ1n) is 6.97. The molecule has 0 unspecified atom stereocenters. The molecule has 1 aromatic rings. The molecule has 0 aromatic heterocycles. The van der Waals surface area contributed by atoms with E-state index in [2.05, 4.69) is 12.2 Å². The molecule has 0 atom stereocenters. The van der Waals surface area contributed by atoms with Crippen LogP contribution in [0, 0.1) is 11.7 Å². The third-order valence-electron chi connectivity index (χ3n) is 3.72. The van der Waals surface area contributed by atoms with Crippen LogP contribution in [0.15, 0.2) is 18.2 Å². The van der Waals surface area contributed by atoms with Crippen LogP contribution in [0.1, 0.15) is 32.6 Å². The zero-order valence-electron chi connectivity index (χ0n) is 11.3. The van der Waals surface area contributed by atoms with Crippen LogP contribution in [0.5, 0.6) is 5.75 Å². The maximum absolute atomic E-state index is 13.5. The summed E-state index contributed by atoms with van der Waals surface area (Å²) in [5.41, 5.74) is 0. The highest BCUT2D eigenvalue weighted by molar-refractivity contribution is 6.30. The molecule has 0 radical (unpaired) electrons. The van der Waals surface area contributed by atoms with Crippen molar-refractivity contribution < 1.29 is 9.13 Å². The van der Waals surface area contributed by atoms with Gasteiger partial charge in [-0.15, -0.1) is 0 Å². The molecule has 1 aromatic carbocycles. The monoisotopic (exact) mass is 285 g/mol. The summed E-state index contributed by atoms with van der Waals surface area (Å²) in [7, 11) is 0. The standard InChI is InChI=1S/C15H21ClFNO/c1-11-5-7-12(8-6-11)18-9-10-19-14-4-2-3-13(16)15(14)17/h2-4,11-12,18H,5-10H2,1H3. The van der Waals surface area contributed by atoms with E-state index in [0.717, 1.165) is 12.5 Å². The lowest BCUT2D eigenvalue weighted by Crippen LogP contribution is -2.35. The van der Waals surface area contributed by atoms with Crippen molar-refractivity contribution in [3.8, 4) is 5.75 Å². The Labute approximate surface area is 119 Å². The smallest absolute Gasteiger partial charge is 0.183 e. The minimum Gasteiger partial charge on any atom is -0.489 e. The Balaban J connectivity index is 1.68. The van der Waals surface area contributed by atoms with Gasteiger partial charge in [-0.2, -0.15) is 0 Å². The molecule has 0 spiro atoms. The second kappa shape index (κ2) is 7.11. The molecule has 19 heavy (non-hydrogen) atoms. The lowest BCUT2D eigenvalue weighted by Gasteiger charge is -2.27. The fourth-order valence-electron chi connectivity index (χ4n) is 2.48. The van der Waals surface area contributed by atoms with Gasteiger partial charge in [0.1, 0.15) is 6.61 Å². The van der Waals surface area contributed by atoms with Crippen LogP contribution in [-0.4, -0.2) is 19.2 Å². The molecule has 0 aliphatic heterocycles. The number of ether oxygens (including phenoxy) is 1. The van der Waals surface area contributed by atoms with Crippen molar-refractivity contribution in [2.75, 3.05) is 13.2 Å². The van der Waals surface area contributed by atoms with Crippen molar-refractivity contribution >= 4 is 11.6 Å². The molecule has 0 saturated heterocycles. The van der Waals surface area contributed by atoms with E-state index < -0.39 is 5.82 Å². The third kappa shape index (κ3) is 4.36. The van der Waals surface area contributed by atoms with Gasteiger partial charge in [0.15, 0.2) is 11.6 Å². The minimum atomic E-state index is -0.476.